The van der Waals surface area contributed by atoms with Gasteiger partial charge in [0.05, 0.1) is 0 Å². The fourth-order valence-corrected chi connectivity index (χ4v) is 5.43. The molecule has 0 bridgehead atoms. The molecular formula is C41H72N2O5. The molecule has 0 rings (SSSR count). The molecule has 48 heavy (non-hydrogen) atoms. The van der Waals surface area contributed by atoms with Crippen molar-refractivity contribution in [2.45, 2.75) is 187 Å². The third-order valence-electron chi connectivity index (χ3n) is 8.36. The number of esters is 1. The van der Waals surface area contributed by atoms with Crippen LogP contribution in [-0.4, -0.2) is 41.6 Å². The van der Waals surface area contributed by atoms with Crippen LogP contribution < -0.4 is 11.1 Å². The maximum Gasteiger partial charge on any atom is 0.326 e. The third-order valence-corrected chi connectivity index (χ3v) is 8.36. The van der Waals surface area contributed by atoms with E-state index in [9.17, 15) is 19.5 Å². The van der Waals surface area contributed by atoms with Crippen LogP contribution in [0.5, 0.6) is 0 Å². The van der Waals surface area contributed by atoms with E-state index < -0.39 is 12.0 Å². The molecule has 1 amide bonds. The number of carboxylic acids is 1. The average Bonchev–Trinajstić information content (AvgIpc) is 3.07. The third kappa shape index (κ3) is 31.9. The summed E-state index contributed by atoms with van der Waals surface area (Å²) in [6, 6.07) is -0.855. The minimum atomic E-state index is -1.01. The van der Waals surface area contributed by atoms with Crippen LogP contribution >= 0.6 is 0 Å². The van der Waals surface area contributed by atoms with E-state index in [1.54, 1.807) is 0 Å². The predicted molar refractivity (Wildman–Crippen MR) is 202 cm³/mol. The van der Waals surface area contributed by atoms with E-state index in [0.717, 1.165) is 96.3 Å². The molecule has 0 saturated heterocycles. The Hall–Kier alpha value is -2.67. The number of rotatable bonds is 34. The quantitative estimate of drug-likeness (QED) is 0.0356. The molecule has 0 spiro atoms. The van der Waals surface area contributed by atoms with Crippen LogP contribution in [0.2, 0.25) is 0 Å². The van der Waals surface area contributed by atoms with Gasteiger partial charge in [0.25, 0.3) is 0 Å². The number of hydrogen-bond acceptors (Lipinski definition) is 5. The van der Waals surface area contributed by atoms with Crippen molar-refractivity contribution < 1.29 is 24.2 Å². The van der Waals surface area contributed by atoms with Crippen LogP contribution in [0.4, 0.5) is 0 Å². The maximum absolute atomic E-state index is 12.7. The van der Waals surface area contributed by atoms with Crippen LogP contribution in [0.1, 0.15) is 174 Å². The minimum Gasteiger partial charge on any atom is -0.480 e. The van der Waals surface area contributed by atoms with Crippen molar-refractivity contribution >= 4 is 17.8 Å². The molecule has 0 aliphatic heterocycles. The van der Waals surface area contributed by atoms with Gasteiger partial charge in [-0.15, -0.1) is 0 Å². The molecule has 0 saturated carbocycles. The average molecular weight is 673 g/mol. The molecule has 0 aromatic heterocycles. The van der Waals surface area contributed by atoms with Crippen molar-refractivity contribution in [2.75, 3.05) is 6.54 Å². The highest BCUT2D eigenvalue weighted by Crippen LogP contribution is 2.15. The van der Waals surface area contributed by atoms with Gasteiger partial charge in [0, 0.05) is 12.8 Å². The van der Waals surface area contributed by atoms with Gasteiger partial charge in [0.1, 0.15) is 12.1 Å². The second-order valence-corrected chi connectivity index (χ2v) is 13.0. The van der Waals surface area contributed by atoms with Crippen molar-refractivity contribution in [3.05, 3.63) is 48.6 Å². The van der Waals surface area contributed by atoms with Gasteiger partial charge in [-0.25, -0.2) is 4.79 Å². The van der Waals surface area contributed by atoms with Gasteiger partial charge in [-0.05, 0) is 96.1 Å². The van der Waals surface area contributed by atoms with Crippen LogP contribution in [0.25, 0.3) is 0 Å². The van der Waals surface area contributed by atoms with E-state index in [2.05, 4.69) is 67.8 Å². The Morgan fingerprint density at radius 1 is 0.646 bits per heavy atom. The number of unbranched alkanes of at least 4 members (excludes halogenated alkanes) is 14. The molecule has 0 aliphatic rings. The summed E-state index contributed by atoms with van der Waals surface area (Å²) in [6.07, 6.45) is 41.7. The fraction of sp³-hybridized carbons (Fsp3) is 0.732. The normalized spacial score (nSPS) is 13.2. The molecule has 0 fully saturated rings. The van der Waals surface area contributed by atoms with Crippen LogP contribution in [0, 0.1) is 0 Å². The van der Waals surface area contributed by atoms with Crippen molar-refractivity contribution in [1.82, 2.24) is 5.32 Å². The lowest BCUT2D eigenvalue weighted by Gasteiger charge is -2.15. The number of aliphatic carboxylic acids is 1. The zero-order valence-corrected chi connectivity index (χ0v) is 30.8. The van der Waals surface area contributed by atoms with E-state index in [0.29, 0.717) is 32.2 Å². The zero-order chi connectivity index (χ0) is 35.3. The summed E-state index contributed by atoms with van der Waals surface area (Å²) in [6.45, 7) is 4.80. The van der Waals surface area contributed by atoms with Gasteiger partial charge in [-0.3, -0.25) is 9.59 Å². The Kier molecular flexibility index (Phi) is 33.7. The molecule has 0 aromatic rings. The summed E-state index contributed by atoms with van der Waals surface area (Å²) >= 11 is 0. The Bertz CT molecular complexity index is 895. The monoisotopic (exact) mass is 673 g/mol. The largest absolute Gasteiger partial charge is 0.480 e. The summed E-state index contributed by atoms with van der Waals surface area (Å²) in [5, 5.41) is 11.9. The number of allylic oxidation sites excluding steroid dienone is 7. The molecule has 0 radical (unpaired) electrons. The van der Waals surface area contributed by atoms with Crippen molar-refractivity contribution in [3.63, 3.8) is 0 Å². The number of carbonyl (C=O) groups excluding carboxylic acids is 2. The summed E-state index contributed by atoms with van der Waals surface area (Å²) < 4.78 is 5.92. The molecule has 0 aliphatic carbocycles. The van der Waals surface area contributed by atoms with Crippen LogP contribution in [0.15, 0.2) is 48.6 Å². The summed E-state index contributed by atoms with van der Waals surface area (Å²) in [5.74, 6) is -1.30. The lowest BCUT2D eigenvalue weighted by atomic mass is 10.0. The molecule has 7 heteroatoms. The topological polar surface area (TPSA) is 119 Å². The van der Waals surface area contributed by atoms with E-state index in [1.165, 1.54) is 38.5 Å². The van der Waals surface area contributed by atoms with E-state index >= 15 is 0 Å². The number of carboxylic acid groups (broad SMARTS) is 1. The second kappa shape index (κ2) is 35.6. The molecule has 2 atom stereocenters. The van der Waals surface area contributed by atoms with E-state index in [1.807, 2.05) is 0 Å². The Morgan fingerprint density at radius 2 is 1.21 bits per heavy atom. The van der Waals surface area contributed by atoms with Crippen molar-refractivity contribution in [3.8, 4) is 0 Å². The Morgan fingerprint density at radius 3 is 1.88 bits per heavy atom. The number of ether oxygens (including phenoxy) is 1. The molecule has 276 valence electrons. The van der Waals surface area contributed by atoms with Gasteiger partial charge in [0.15, 0.2) is 0 Å². The standard InChI is InChI=1S/C41H72N2O5/c1-3-5-7-9-11-13-14-15-16-17-19-25-29-35-40(45)48-37(31-26-22-18-12-10-8-6-4-2)32-27-23-20-21-24-28-34-39(44)43-38(41(46)47)33-30-36-42/h5,7,11,13,15-16,26,31,37-38H,3-4,6,8-10,12,14,17-25,27-30,32-36,42H2,1-2H3,(H,43,44)(H,46,47)/b7-5-,13-11-,16-15-,31-26-. The number of amides is 1. The summed E-state index contributed by atoms with van der Waals surface area (Å²) in [7, 11) is 0. The van der Waals surface area contributed by atoms with Gasteiger partial charge < -0.3 is 20.9 Å². The van der Waals surface area contributed by atoms with Crippen LogP contribution in [-0.2, 0) is 19.1 Å². The second-order valence-electron chi connectivity index (χ2n) is 13.0. The van der Waals surface area contributed by atoms with Crippen molar-refractivity contribution in [2.24, 2.45) is 5.73 Å². The Labute approximate surface area is 294 Å². The van der Waals surface area contributed by atoms with Gasteiger partial charge in [-0.2, -0.15) is 0 Å². The number of nitrogens with one attached hydrogen (secondary N) is 1. The van der Waals surface area contributed by atoms with E-state index in [-0.39, 0.29) is 18.0 Å². The summed E-state index contributed by atoms with van der Waals surface area (Å²) in [5.41, 5.74) is 5.46. The van der Waals surface area contributed by atoms with Gasteiger partial charge >= 0.3 is 11.9 Å². The molecular weight excluding hydrogens is 600 g/mol. The minimum absolute atomic E-state index is 0.0894. The zero-order valence-electron chi connectivity index (χ0n) is 30.8. The van der Waals surface area contributed by atoms with Gasteiger partial charge in [-0.1, -0.05) is 121 Å². The number of carbonyl (C=O) groups is 3. The Balaban J connectivity index is 4.34. The lowest BCUT2D eigenvalue weighted by molar-refractivity contribution is -0.147. The maximum atomic E-state index is 12.7. The number of hydrogen-bond donors (Lipinski definition) is 3. The summed E-state index contributed by atoms with van der Waals surface area (Å²) in [4.78, 5) is 36.1. The van der Waals surface area contributed by atoms with Crippen LogP contribution in [0.3, 0.4) is 0 Å². The van der Waals surface area contributed by atoms with E-state index in [4.69, 9.17) is 10.5 Å². The SMILES string of the molecule is CC/C=C\C/C=C\C/C=C\CCCCCC(=O)OC(/C=C\CCCCCCCC)CCCCCCCCC(=O)NC(CCCN)C(=O)O. The first-order valence-electron chi connectivity index (χ1n) is 19.5. The first kappa shape index (κ1) is 45.3. The van der Waals surface area contributed by atoms with Crippen molar-refractivity contribution in [1.29, 1.82) is 0 Å². The molecule has 4 N–H and O–H groups in total. The molecule has 0 heterocycles. The molecule has 0 aromatic carbocycles. The smallest absolute Gasteiger partial charge is 0.326 e. The fourth-order valence-electron chi connectivity index (χ4n) is 5.43. The highest BCUT2D eigenvalue weighted by molar-refractivity contribution is 5.83. The number of nitrogens with two attached hydrogens (primary N) is 1. The molecule has 2 unspecified atom stereocenters. The predicted octanol–water partition coefficient (Wildman–Crippen LogP) is 10.4. The molecule has 7 nitrogen and oxygen atoms in total. The lowest BCUT2D eigenvalue weighted by Crippen LogP contribution is -2.40. The van der Waals surface area contributed by atoms with Gasteiger partial charge in [0.2, 0.25) is 5.91 Å². The highest BCUT2D eigenvalue weighted by atomic mass is 16.5. The first-order valence-corrected chi connectivity index (χ1v) is 19.5. The highest BCUT2D eigenvalue weighted by Gasteiger charge is 2.18. The first-order chi connectivity index (χ1) is 23.4.